The van der Waals surface area contributed by atoms with Crippen molar-refractivity contribution in [2.45, 2.75) is 64.7 Å². The van der Waals surface area contributed by atoms with Crippen molar-refractivity contribution >= 4 is 17.6 Å². The number of unbranched alkanes of at least 4 members (excludes halogenated alkanes) is 8. The summed E-state index contributed by atoms with van der Waals surface area (Å²) in [7, 11) is 0. The molecule has 0 aliphatic carbocycles. The zero-order valence-corrected chi connectivity index (χ0v) is 14.5. The second kappa shape index (κ2) is 12.5. The largest absolute Gasteiger partial charge is 0.459 e. The van der Waals surface area contributed by atoms with Crippen molar-refractivity contribution in [3.05, 3.63) is 30.1 Å². The Hall–Kier alpha value is -1.91. The zero-order valence-electron chi connectivity index (χ0n) is 14.5. The SMILES string of the molecule is CCCCCCCCCCCOC(=O)C(=O)Nc1ccccc1F. The molecule has 0 fully saturated rings. The summed E-state index contributed by atoms with van der Waals surface area (Å²) in [6.45, 7) is 2.43. The lowest BCUT2D eigenvalue weighted by Crippen LogP contribution is -2.25. The van der Waals surface area contributed by atoms with Gasteiger partial charge in [0.05, 0.1) is 12.3 Å². The molecule has 0 bridgehead atoms. The average molecular weight is 337 g/mol. The van der Waals surface area contributed by atoms with Crippen molar-refractivity contribution in [2.24, 2.45) is 0 Å². The molecule has 1 aromatic rings. The summed E-state index contributed by atoms with van der Waals surface area (Å²) in [5.74, 6) is -2.51. The van der Waals surface area contributed by atoms with Crippen molar-refractivity contribution in [1.29, 1.82) is 0 Å². The first-order chi connectivity index (χ1) is 11.6. The zero-order chi connectivity index (χ0) is 17.6. The molecule has 0 aromatic heterocycles. The number of esters is 1. The lowest BCUT2D eigenvalue weighted by atomic mass is 10.1. The minimum Gasteiger partial charge on any atom is -0.459 e. The molecule has 1 amide bonds. The second-order valence-corrected chi connectivity index (χ2v) is 5.90. The van der Waals surface area contributed by atoms with Gasteiger partial charge in [0.15, 0.2) is 0 Å². The number of hydrogen-bond acceptors (Lipinski definition) is 3. The number of amides is 1. The van der Waals surface area contributed by atoms with Gasteiger partial charge in [-0.25, -0.2) is 9.18 Å². The van der Waals surface area contributed by atoms with E-state index >= 15 is 0 Å². The Morgan fingerprint density at radius 3 is 2.17 bits per heavy atom. The number of benzene rings is 1. The number of nitrogens with one attached hydrogen (secondary N) is 1. The smallest absolute Gasteiger partial charge is 0.397 e. The fraction of sp³-hybridized carbons (Fsp3) is 0.579. The summed E-state index contributed by atoms with van der Waals surface area (Å²) in [4.78, 5) is 23.1. The summed E-state index contributed by atoms with van der Waals surface area (Å²) < 4.78 is 18.3. The lowest BCUT2D eigenvalue weighted by Gasteiger charge is -2.07. The van der Waals surface area contributed by atoms with E-state index in [1.54, 1.807) is 6.07 Å². The van der Waals surface area contributed by atoms with Crippen LogP contribution in [0.1, 0.15) is 64.7 Å². The minimum atomic E-state index is -0.974. The number of para-hydroxylation sites is 1. The summed E-state index contributed by atoms with van der Waals surface area (Å²) in [5.41, 5.74) is -0.0254. The third-order valence-electron chi connectivity index (χ3n) is 3.79. The third-order valence-corrected chi connectivity index (χ3v) is 3.79. The molecule has 0 aliphatic heterocycles. The first-order valence-electron chi connectivity index (χ1n) is 8.87. The molecule has 1 rings (SSSR count). The van der Waals surface area contributed by atoms with Gasteiger partial charge in [-0.05, 0) is 18.6 Å². The molecule has 24 heavy (non-hydrogen) atoms. The molecule has 0 radical (unpaired) electrons. The highest BCUT2D eigenvalue weighted by atomic mass is 19.1. The van der Waals surface area contributed by atoms with Gasteiger partial charge in [0.2, 0.25) is 0 Å². The van der Waals surface area contributed by atoms with E-state index in [0.717, 1.165) is 19.3 Å². The van der Waals surface area contributed by atoms with Crippen LogP contribution < -0.4 is 5.32 Å². The van der Waals surface area contributed by atoms with E-state index in [9.17, 15) is 14.0 Å². The third kappa shape index (κ3) is 8.65. The maximum Gasteiger partial charge on any atom is 0.397 e. The van der Waals surface area contributed by atoms with E-state index in [0.29, 0.717) is 0 Å². The van der Waals surface area contributed by atoms with Gasteiger partial charge in [0.1, 0.15) is 5.82 Å². The van der Waals surface area contributed by atoms with Crippen LogP contribution in [-0.2, 0) is 14.3 Å². The quantitative estimate of drug-likeness (QED) is 0.357. The highest BCUT2D eigenvalue weighted by molar-refractivity contribution is 6.37. The van der Waals surface area contributed by atoms with Gasteiger partial charge in [-0.2, -0.15) is 0 Å². The highest BCUT2D eigenvalue weighted by Gasteiger charge is 2.16. The number of carbonyl (C=O) groups excluding carboxylic acids is 2. The Bertz CT molecular complexity index is 505. The summed E-state index contributed by atoms with van der Waals surface area (Å²) in [6, 6.07) is 5.68. The summed E-state index contributed by atoms with van der Waals surface area (Å²) in [6.07, 6.45) is 10.5. The van der Waals surface area contributed by atoms with Crippen molar-refractivity contribution in [2.75, 3.05) is 11.9 Å². The van der Waals surface area contributed by atoms with Crippen LogP contribution in [0.25, 0.3) is 0 Å². The van der Waals surface area contributed by atoms with Crippen molar-refractivity contribution < 1.29 is 18.7 Å². The van der Waals surface area contributed by atoms with Crippen LogP contribution in [0.3, 0.4) is 0 Å². The van der Waals surface area contributed by atoms with E-state index < -0.39 is 17.7 Å². The predicted octanol–water partition coefficient (Wildman–Crippen LogP) is 4.84. The maximum atomic E-state index is 13.4. The molecule has 0 atom stereocenters. The first-order valence-corrected chi connectivity index (χ1v) is 8.87. The Balaban J connectivity index is 2.05. The number of carbonyl (C=O) groups is 2. The van der Waals surface area contributed by atoms with Gasteiger partial charge in [-0.1, -0.05) is 70.4 Å². The molecule has 0 heterocycles. The number of ether oxygens (including phenoxy) is 1. The molecular weight excluding hydrogens is 309 g/mol. The Labute approximate surface area is 143 Å². The molecular formula is C19H28FNO3. The molecule has 0 saturated carbocycles. The van der Waals surface area contributed by atoms with Gasteiger partial charge in [-0.15, -0.1) is 0 Å². The lowest BCUT2D eigenvalue weighted by molar-refractivity contribution is -0.152. The fourth-order valence-electron chi connectivity index (χ4n) is 2.38. The van der Waals surface area contributed by atoms with Crippen LogP contribution in [-0.4, -0.2) is 18.5 Å². The minimum absolute atomic E-state index is 0.0254. The number of anilines is 1. The molecule has 5 heteroatoms. The van der Waals surface area contributed by atoms with Crippen molar-refractivity contribution in [3.63, 3.8) is 0 Å². The first kappa shape index (κ1) is 20.1. The standard InChI is InChI=1S/C19H28FNO3/c1-2-3-4-5-6-7-8-9-12-15-24-19(23)18(22)21-17-14-11-10-13-16(17)20/h10-11,13-14H,2-9,12,15H2,1H3,(H,21,22). The van der Waals surface area contributed by atoms with Crippen LogP contribution >= 0.6 is 0 Å². The maximum absolute atomic E-state index is 13.4. The van der Waals surface area contributed by atoms with Gasteiger partial charge >= 0.3 is 11.9 Å². The van der Waals surface area contributed by atoms with E-state index in [4.69, 9.17) is 4.74 Å². The van der Waals surface area contributed by atoms with Crippen LogP contribution in [0.15, 0.2) is 24.3 Å². The number of hydrogen-bond donors (Lipinski definition) is 1. The van der Waals surface area contributed by atoms with E-state index in [1.165, 1.54) is 56.7 Å². The average Bonchev–Trinajstić information content (AvgIpc) is 2.58. The van der Waals surface area contributed by atoms with Crippen molar-refractivity contribution in [1.82, 2.24) is 0 Å². The van der Waals surface area contributed by atoms with Crippen molar-refractivity contribution in [3.8, 4) is 0 Å². The van der Waals surface area contributed by atoms with Gasteiger partial charge in [-0.3, -0.25) is 4.79 Å². The molecule has 0 unspecified atom stereocenters. The van der Waals surface area contributed by atoms with Gasteiger partial charge in [0.25, 0.3) is 0 Å². The van der Waals surface area contributed by atoms with Crippen LogP contribution in [0.5, 0.6) is 0 Å². The Morgan fingerprint density at radius 1 is 0.958 bits per heavy atom. The predicted molar refractivity (Wildman–Crippen MR) is 93.2 cm³/mol. The van der Waals surface area contributed by atoms with Crippen LogP contribution in [0.4, 0.5) is 10.1 Å². The Morgan fingerprint density at radius 2 is 1.54 bits per heavy atom. The summed E-state index contributed by atoms with van der Waals surface area (Å²) >= 11 is 0. The molecule has 0 aliphatic rings. The van der Waals surface area contributed by atoms with E-state index in [1.807, 2.05) is 0 Å². The van der Waals surface area contributed by atoms with Gasteiger partial charge in [0, 0.05) is 0 Å². The molecule has 0 saturated heterocycles. The topological polar surface area (TPSA) is 55.4 Å². The molecule has 1 aromatic carbocycles. The normalized spacial score (nSPS) is 10.4. The van der Waals surface area contributed by atoms with E-state index in [-0.39, 0.29) is 12.3 Å². The molecule has 134 valence electrons. The highest BCUT2D eigenvalue weighted by Crippen LogP contribution is 2.12. The molecule has 0 spiro atoms. The van der Waals surface area contributed by atoms with Crippen LogP contribution in [0.2, 0.25) is 0 Å². The summed E-state index contributed by atoms with van der Waals surface area (Å²) in [5, 5.41) is 2.21. The van der Waals surface area contributed by atoms with Gasteiger partial charge < -0.3 is 10.1 Å². The number of rotatable bonds is 11. The Kier molecular flexibility index (Phi) is 10.5. The fourth-order valence-corrected chi connectivity index (χ4v) is 2.38. The number of halogens is 1. The molecule has 1 N–H and O–H groups in total. The molecule has 4 nitrogen and oxygen atoms in total. The van der Waals surface area contributed by atoms with Crippen LogP contribution in [0, 0.1) is 5.82 Å². The monoisotopic (exact) mass is 337 g/mol. The second-order valence-electron chi connectivity index (χ2n) is 5.90. The van der Waals surface area contributed by atoms with E-state index in [2.05, 4.69) is 12.2 Å².